The van der Waals surface area contributed by atoms with E-state index in [4.69, 9.17) is 11.6 Å². The molecule has 0 aliphatic carbocycles. The summed E-state index contributed by atoms with van der Waals surface area (Å²) >= 11 is 6.07. The molecule has 0 unspecified atom stereocenters. The zero-order valence-electron chi connectivity index (χ0n) is 13.8. The van der Waals surface area contributed by atoms with Gasteiger partial charge >= 0.3 is 0 Å². The number of fused-ring (bicyclic) bond motifs is 1. The molecule has 3 rings (SSSR count). The number of rotatable bonds is 6. The van der Waals surface area contributed by atoms with Gasteiger partial charge in [0.2, 0.25) is 5.65 Å². The third-order valence-electron chi connectivity index (χ3n) is 3.77. The maximum absolute atomic E-state index is 12.9. The molecule has 0 spiro atoms. The van der Waals surface area contributed by atoms with Gasteiger partial charge in [-0.15, -0.1) is 6.58 Å². The molecule has 2 heterocycles. The molecule has 26 heavy (non-hydrogen) atoms. The average molecular weight is 375 g/mol. The third kappa shape index (κ3) is 3.39. The molecule has 3 aromatic rings. The first kappa shape index (κ1) is 17.9. The van der Waals surface area contributed by atoms with Crippen molar-refractivity contribution in [2.24, 2.45) is 0 Å². The highest BCUT2D eigenvalue weighted by Gasteiger charge is 2.16. The van der Waals surface area contributed by atoms with Gasteiger partial charge in [0.05, 0.1) is 5.69 Å². The fraction of sp³-hybridized carbons (Fsp3) is 0.167. The largest absolute Gasteiger partial charge is 0.348 e. The number of carbonyl (C=O) groups excluding carboxylic acids is 1. The molecule has 6 nitrogen and oxygen atoms in total. The highest BCUT2D eigenvalue weighted by atomic mass is 35.5. The summed E-state index contributed by atoms with van der Waals surface area (Å²) in [5.41, 5.74) is 1.13. The lowest BCUT2D eigenvalue weighted by Gasteiger charge is -2.12. The number of alkyl halides is 1. The van der Waals surface area contributed by atoms with E-state index in [0.29, 0.717) is 10.7 Å². The van der Waals surface area contributed by atoms with Crippen LogP contribution in [0.15, 0.2) is 54.1 Å². The van der Waals surface area contributed by atoms with Crippen LogP contribution in [0.1, 0.15) is 10.5 Å². The number of allylic oxidation sites excluding steroid dienone is 1. The molecule has 0 bridgehead atoms. The highest BCUT2D eigenvalue weighted by Crippen LogP contribution is 2.22. The van der Waals surface area contributed by atoms with Gasteiger partial charge in [-0.1, -0.05) is 29.8 Å². The summed E-state index contributed by atoms with van der Waals surface area (Å²) in [7, 11) is 0. The molecule has 0 aliphatic rings. The first-order valence-corrected chi connectivity index (χ1v) is 8.26. The molecule has 8 heteroatoms. The van der Waals surface area contributed by atoms with E-state index in [1.807, 2.05) is 6.07 Å². The summed E-state index contributed by atoms with van der Waals surface area (Å²) in [6.07, 6.45) is 4.74. The zero-order valence-corrected chi connectivity index (χ0v) is 14.5. The Morgan fingerprint density at radius 3 is 2.88 bits per heavy atom. The summed E-state index contributed by atoms with van der Waals surface area (Å²) in [4.78, 5) is 28.9. The van der Waals surface area contributed by atoms with E-state index < -0.39 is 12.6 Å². The predicted molar refractivity (Wildman–Crippen MR) is 98.4 cm³/mol. The van der Waals surface area contributed by atoms with Gasteiger partial charge in [0.1, 0.15) is 12.4 Å². The Balaban J connectivity index is 2.18. The second-order valence-electron chi connectivity index (χ2n) is 5.53. The molecule has 0 saturated heterocycles. The van der Waals surface area contributed by atoms with Crippen molar-refractivity contribution >= 4 is 23.2 Å². The lowest BCUT2D eigenvalue weighted by atomic mass is 10.1. The Bertz CT molecular complexity index is 1040. The summed E-state index contributed by atoms with van der Waals surface area (Å²) < 4.78 is 15.2. The van der Waals surface area contributed by atoms with E-state index in [-0.39, 0.29) is 30.0 Å². The van der Waals surface area contributed by atoms with Crippen molar-refractivity contribution in [1.82, 2.24) is 19.3 Å². The number of amides is 1. The van der Waals surface area contributed by atoms with Crippen molar-refractivity contribution in [2.75, 3.05) is 13.2 Å². The molecular weight excluding hydrogens is 359 g/mol. The van der Waals surface area contributed by atoms with Crippen LogP contribution in [-0.4, -0.2) is 33.1 Å². The molecule has 1 aromatic carbocycles. The van der Waals surface area contributed by atoms with E-state index in [2.05, 4.69) is 16.9 Å². The average Bonchev–Trinajstić information content (AvgIpc) is 3.06. The minimum atomic E-state index is -0.676. The lowest BCUT2D eigenvalue weighted by Crippen LogP contribution is -2.26. The van der Waals surface area contributed by atoms with Crippen molar-refractivity contribution in [2.45, 2.75) is 6.54 Å². The Kier molecular flexibility index (Phi) is 5.18. The second kappa shape index (κ2) is 7.53. The Morgan fingerprint density at radius 1 is 1.38 bits per heavy atom. The molecule has 1 amide bonds. The van der Waals surface area contributed by atoms with E-state index in [1.165, 1.54) is 15.2 Å². The Morgan fingerprint density at radius 2 is 2.19 bits per heavy atom. The van der Waals surface area contributed by atoms with Gasteiger partial charge in [-0.3, -0.25) is 18.6 Å². The first-order chi connectivity index (χ1) is 12.5. The molecule has 0 radical (unpaired) electrons. The third-order valence-corrected chi connectivity index (χ3v) is 4.00. The van der Waals surface area contributed by atoms with Crippen molar-refractivity contribution in [3.63, 3.8) is 0 Å². The van der Waals surface area contributed by atoms with Crippen LogP contribution in [0.4, 0.5) is 4.39 Å². The maximum Gasteiger partial charge on any atom is 0.295 e. The SMILES string of the molecule is C=CCn1c(-c2cccc(Cl)c2)cn2cc(C(=O)NCCF)nc2c1=O. The van der Waals surface area contributed by atoms with Crippen LogP contribution in [0.25, 0.3) is 16.9 Å². The Hall–Kier alpha value is -2.93. The summed E-state index contributed by atoms with van der Waals surface area (Å²) in [5.74, 6) is -0.537. The van der Waals surface area contributed by atoms with Crippen LogP contribution >= 0.6 is 11.6 Å². The number of nitrogens with one attached hydrogen (secondary N) is 1. The first-order valence-electron chi connectivity index (χ1n) is 7.88. The fourth-order valence-corrected chi connectivity index (χ4v) is 2.82. The van der Waals surface area contributed by atoms with Crippen LogP contribution in [0, 0.1) is 0 Å². The van der Waals surface area contributed by atoms with Crippen molar-refractivity contribution in [3.8, 4) is 11.3 Å². The summed E-state index contributed by atoms with van der Waals surface area (Å²) in [6, 6.07) is 7.10. The van der Waals surface area contributed by atoms with E-state index in [1.54, 1.807) is 30.5 Å². The molecule has 0 fully saturated rings. The van der Waals surface area contributed by atoms with Crippen LogP contribution in [-0.2, 0) is 6.54 Å². The summed E-state index contributed by atoms with van der Waals surface area (Å²) in [6.45, 7) is 3.17. The standard InChI is InChI=1S/C18H16ClFN4O2/c1-2-8-24-15(12-4-3-5-13(19)9-12)11-23-10-14(17(25)21-7-6-20)22-16(23)18(24)26/h2-5,9-11H,1,6-8H2,(H,21,25). The fourth-order valence-electron chi connectivity index (χ4n) is 2.63. The normalized spacial score (nSPS) is 10.8. The quantitative estimate of drug-likeness (QED) is 0.674. The van der Waals surface area contributed by atoms with Crippen molar-refractivity contribution < 1.29 is 9.18 Å². The van der Waals surface area contributed by atoms with E-state index in [9.17, 15) is 14.0 Å². The molecular formula is C18H16ClFN4O2. The number of imidazole rings is 1. The molecule has 1 N–H and O–H groups in total. The van der Waals surface area contributed by atoms with Crippen LogP contribution in [0.3, 0.4) is 0 Å². The van der Waals surface area contributed by atoms with Gasteiger partial charge in [-0.05, 0) is 12.1 Å². The van der Waals surface area contributed by atoms with E-state index >= 15 is 0 Å². The highest BCUT2D eigenvalue weighted by molar-refractivity contribution is 6.30. The maximum atomic E-state index is 12.9. The topological polar surface area (TPSA) is 68.4 Å². The molecule has 2 aromatic heterocycles. The predicted octanol–water partition coefficient (Wildman–Crippen LogP) is 2.70. The van der Waals surface area contributed by atoms with Gasteiger partial charge in [0.25, 0.3) is 11.5 Å². The molecule has 0 aliphatic heterocycles. The summed E-state index contributed by atoms with van der Waals surface area (Å²) in [5, 5.41) is 2.93. The van der Waals surface area contributed by atoms with Crippen molar-refractivity contribution in [3.05, 3.63) is 70.4 Å². The molecule has 0 saturated carbocycles. The number of hydrogen-bond acceptors (Lipinski definition) is 3. The number of nitrogens with zero attached hydrogens (tertiary/aromatic N) is 3. The van der Waals surface area contributed by atoms with Crippen LogP contribution in [0.5, 0.6) is 0 Å². The van der Waals surface area contributed by atoms with Gasteiger partial charge < -0.3 is 5.32 Å². The number of benzene rings is 1. The monoisotopic (exact) mass is 374 g/mol. The number of aromatic nitrogens is 3. The molecule has 134 valence electrons. The van der Waals surface area contributed by atoms with Gasteiger partial charge in [-0.25, -0.2) is 9.37 Å². The van der Waals surface area contributed by atoms with Crippen molar-refractivity contribution in [1.29, 1.82) is 0 Å². The number of hydrogen-bond donors (Lipinski definition) is 1. The second-order valence-corrected chi connectivity index (χ2v) is 5.97. The zero-order chi connectivity index (χ0) is 18.7. The molecule has 0 atom stereocenters. The van der Waals surface area contributed by atoms with Gasteiger partial charge in [-0.2, -0.15) is 0 Å². The van der Waals surface area contributed by atoms with Gasteiger partial charge in [0, 0.05) is 36.1 Å². The minimum absolute atomic E-state index is 0.0453. The minimum Gasteiger partial charge on any atom is -0.348 e. The van der Waals surface area contributed by atoms with Gasteiger partial charge in [0.15, 0.2) is 0 Å². The smallest absolute Gasteiger partial charge is 0.295 e. The van der Waals surface area contributed by atoms with E-state index in [0.717, 1.165) is 5.56 Å². The Labute approximate surface area is 153 Å². The van der Waals surface area contributed by atoms with Crippen LogP contribution < -0.4 is 10.9 Å². The number of carbonyl (C=O) groups is 1. The van der Waals surface area contributed by atoms with Crippen LogP contribution in [0.2, 0.25) is 5.02 Å². The number of halogens is 2. The lowest BCUT2D eigenvalue weighted by molar-refractivity contribution is 0.0946.